The summed E-state index contributed by atoms with van der Waals surface area (Å²) in [4.78, 5) is 18.7. The topological polar surface area (TPSA) is 51.7 Å². The Bertz CT molecular complexity index is 665. The van der Waals surface area contributed by atoms with Gasteiger partial charge < -0.3 is 14.4 Å². The molecule has 0 N–H and O–H groups in total. The minimum absolute atomic E-state index is 0.0408. The number of rotatable bonds is 6. The zero-order chi connectivity index (χ0) is 18.5. The number of pyridine rings is 1. The molecule has 5 nitrogen and oxygen atoms in total. The maximum atomic E-state index is 12.6. The van der Waals surface area contributed by atoms with E-state index >= 15 is 0 Å². The van der Waals surface area contributed by atoms with E-state index in [1.54, 1.807) is 12.4 Å². The molecule has 1 aromatic heterocycles. The fourth-order valence-corrected chi connectivity index (χ4v) is 4.80. The van der Waals surface area contributed by atoms with Crippen LogP contribution in [0.5, 0.6) is 0 Å². The molecule has 1 spiro atoms. The number of ether oxygens (including phenoxy) is 2. The lowest BCUT2D eigenvalue weighted by Gasteiger charge is -2.42. The molecule has 0 bridgehead atoms. The Hall–Kier alpha value is -1.72. The zero-order valence-electron chi connectivity index (χ0n) is 16.1. The average Bonchev–Trinajstić information content (AvgIpc) is 3.37. The SMILES string of the molecule is O=C(C1=CCCC1)N1CCC2(CC1)OCCC2CCOCc1ccncc1. The maximum absolute atomic E-state index is 12.6. The molecule has 146 valence electrons. The van der Waals surface area contributed by atoms with Gasteiger partial charge in [0.25, 0.3) is 0 Å². The normalized spacial score (nSPS) is 24.4. The van der Waals surface area contributed by atoms with Crippen LogP contribution in [0.25, 0.3) is 0 Å². The predicted octanol–water partition coefficient (Wildman–Crippen LogP) is 3.50. The van der Waals surface area contributed by atoms with Crippen molar-refractivity contribution < 1.29 is 14.3 Å². The first kappa shape index (κ1) is 18.6. The van der Waals surface area contributed by atoms with E-state index in [9.17, 15) is 4.79 Å². The van der Waals surface area contributed by atoms with Gasteiger partial charge in [-0.25, -0.2) is 0 Å². The molecule has 5 heteroatoms. The molecule has 0 saturated carbocycles. The molecule has 2 fully saturated rings. The van der Waals surface area contributed by atoms with Crippen molar-refractivity contribution in [3.63, 3.8) is 0 Å². The third-order valence-electron chi connectivity index (χ3n) is 6.44. The summed E-state index contributed by atoms with van der Waals surface area (Å²) in [6, 6.07) is 3.99. The number of piperidine rings is 1. The Morgan fingerprint density at radius 1 is 1.30 bits per heavy atom. The molecule has 1 aromatic rings. The molecule has 3 heterocycles. The molecule has 1 unspecified atom stereocenters. The van der Waals surface area contributed by atoms with Crippen LogP contribution in [-0.4, -0.2) is 47.7 Å². The second-order valence-electron chi connectivity index (χ2n) is 8.01. The van der Waals surface area contributed by atoms with Crippen LogP contribution in [0.3, 0.4) is 0 Å². The number of allylic oxidation sites excluding steroid dienone is 1. The number of aromatic nitrogens is 1. The Labute approximate surface area is 161 Å². The van der Waals surface area contributed by atoms with E-state index in [2.05, 4.69) is 11.1 Å². The van der Waals surface area contributed by atoms with Crippen molar-refractivity contribution >= 4 is 5.91 Å². The van der Waals surface area contributed by atoms with Crippen molar-refractivity contribution in [3.05, 3.63) is 41.7 Å². The predicted molar refractivity (Wildman–Crippen MR) is 103 cm³/mol. The summed E-state index contributed by atoms with van der Waals surface area (Å²) in [5.41, 5.74) is 2.15. The third-order valence-corrected chi connectivity index (χ3v) is 6.44. The first-order valence-electron chi connectivity index (χ1n) is 10.4. The van der Waals surface area contributed by atoms with Gasteiger partial charge in [-0.1, -0.05) is 6.08 Å². The van der Waals surface area contributed by atoms with Gasteiger partial charge >= 0.3 is 0 Å². The van der Waals surface area contributed by atoms with Gasteiger partial charge in [-0.15, -0.1) is 0 Å². The summed E-state index contributed by atoms with van der Waals surface area (Å²) in [7, 11) is 0. The second kappa shape index (κ2) is 8.53. The van der Waals surface area contributed by atoms with Gasteiger partial charge in [0.15, 0.2) is 0 Å². The number of carbonyl (C=O) groups is 1. The molecule has 1 amide bonds. The highest BCUT2D eigenvalue weighted by Crippen LogP contribution is 2.42. The summed E-state index contributed by atoms with van der Waals surface area (Å²) in [6.45, 7) is 3.89. The van der Waals surface area contributed by atoms with Crippen molar-refractivity contribution in [1.82, 2.24) is 9.88 Å². The first-order valence-corrected chi connectivity index (χ1v) is 10.4. The fraction of sp³-hybridized carbons (Fsp3) is 0.636. The lowest BCUT2D eigenvalue weighted by molar-refractivity contribution is -0.134. The van der Waals surface area contributed by atoms with Gasteiger partial charge in [-0.2, -0.15) is 0 Å². The van der Waals surface area contributed by atoms with Crippen LogP contribution < -0.4 is 0 Å². The van der Waals surface area contributed by atoms with E-state index in [0.29, 0.717) is 12.5 Å². The van der Waals surface area contributed by atoms with Gasteiger partial charge in [0, 0.05) is 44.3 Å². The van der Waals surface area contributed by atoms with Crippen LogP contribution in [0.4, 0.5) is 0 Å². The van der Waals surface area contributed by atoms with Crippen molar-refractivity contribution in [2.24, 2.45) is 5.92 Å². The number of hydrogen-bond acceptors (Lipinski definition) is 4. The molecular formula is C22H30N2O3. The van der Waals surface area contributed by atoms with Gasteiger partial charge in [0.1, 0.15) is 0 Å². The minimum atomic E-state index is -0.0408. The Kier molecular flexibility index (Phi) is 5.89. The van der Waals surface area contributed by atoms with E-state index in [-0.39, 0.29) is 11.5 Å². The number of hydrogen-bond donors (Lipinski definition) is 0. The lowest BCUT2D eigenvalue weighted by Crippen LogP contribution is -2.49. The number of amides is 1. The molecular weight excluding hydrogens is 340 g/mol. The lowest BCUT2D eigenvalue weighted by atomic mass is 9.78. The smallest absolute Gasteiger partial charge is 0.249 e. The largest absolute Gasteiger partial charge is 0.377 e. The summed E-state index contributed by atoms with van der Waals surface area (Å²) in [5.74, 6) is 0.801. The summed E-state index contributed by atoms with van der Waals surface area (Å²) >= 11 is 0. The van der Waals surface area contributed by atoms with Gasteiger partial charge in [-0.3, -0.25) is 9.78 Å². The van der Waals surface area contributed by atoms with Gasteiger partial charge in [0.05, 0.1) is 12.2 Å². The molecule has 1 atom stereocenters. The van der Waals surface area contributed by atoms with E-state index in [1.165, 1.54) is 0 Å². The summed E-state index contributed by atoms with van der Waals surface area (Å²) < 4.78 is 12.1. The van der Waals surface area contributed by atoms with Gasteiger partial charge in [0.2, 0.25) is 5.91 Å². The number of nitrogens with zero attached hydrogens (tertiary/aromatic N) is 2. The Morgan fingerprint density at radius 3 is 2.85 bits per heavy atom. The monoisotopic (exact) mass is 370 g/mol. The second-order valence-corrected chi connectivity index (χ2v) is 8.01. The van der Waals surface area contributed by atoms with E-state index in [0.717, 1.165) is 82.4 Å². The fourth-order valence-electron chi connectivity index (χ4n) is 4.80. The van der Waals surface area contributed by atoms with Crippen LogP contribution in [0, 0.1) is 5.92 Å². The Balaban J connectivity index is 1.25. The minimum Gasteiger partial charge on any atom is -0.377 e. The molecule has 0 aromatic carbocycles. The van der Waals surface area contributed by atoms with Crippen LogP contribution >= 0.6 is 0 Å². The third kappa shape index (κ3) is 4.25. The molecule has 2 saturated heterocycles. The van der Waals surface area contributed by atoms with E-state index in [1.807, 2.05) is 17.0 Å². The first-order chi connectivity index (χ1) is 13.3. The van der Waals surface area contributed by atoms with E-state index < -0.39 is 0 Å². The van der Waals surface area contributed by atoms with Crippen LogP contribution in [0.15, 0.2) is 36.2 Å². The Morgan fingerprint density at radius 2 is 2.11 bits per heavy atom. The molecule has 2 aliphatic heterocycles. The van der Waals surface area contributed by atoms with Crippen LogP contribution in [0.1, 0.15) is 50.5 Å². The standard InChI is InChI=1S/C22H30N2O3/c25-21(19-3-1-2-4-19)24-13-9-22(10-14-24)20(8-16-27-22)7-15-26-17-18-5-11-23-12-6-18/h3,5-6,11-12,20H,1-2,4,7-10,13-17H2. The molecule has 1 aliphatic carbocycles. The highest BCUT2D eigenvalue weighted by molar-refractivity contribution is 5.93. The molecule has 4 rings (SSSR count). The highest BCUT2D eigenvalue weighted by atomic mass is 16.5. The summed E-state index contributed by atoms with van der Waals surface area (Å²) in [5, 5.41) is 0. The number of carbonyl (C=O) groups excluding carboxylic acids is 1. The van der Waals surface area contributed by atoms with Crippen molar-refractivity contribution in [2.75, 3.05) is 26.3 Å². The molecule has 3 aliphatic rings. The quantitative estimate of drug-likeness (QED) is 0.719. The zero-order valence-corrected chi connectivity index (χ0v) is 16.1. The number of likely N-dealkylation sites (tertiary alicyclic amines) is 1. The van der Waals surface area contributed by atoms with Crippen LogP contribution in [0.2, 0.25) is 0 Å². The van der Waals surface area contributed by atoms with Crippen molar-refractivity contribution in [2.45, 2.75) is 57.2 Å². The van der Waals surface area contributed by atoms with Crippen molar-refractivity contribution in [3.8, 4) is 0 Å². The summed E-state index contributed by atoms with van der Waals surface area (Å²) in [6.07, 6.45) is 12.9. The van der Waals surface area contributed by atoms with Crippen molar-refractivity contribution in [1.29, 1.82) is 0 Å². The van der Waals surface area contributed by atoms with Crippen LogP contribution in [-0.2, 0) is 20.9 Å². The molecule has 0 radical (unpaired) electrons. The highest BCUT2D eigenvalue weighted by Gasteiger charge is 2.46. The average molecular weight is 370 g/mol. The maximum Gasteiger partial charge on any atom is 0.249 e. The molecule has 27 heavy (non-hydrogen) atoms. The van der Waals surface area contributed by atoms with E-state index in [4.69, 9.17) is 9.47 Å². The van der Waals surface area contributed by atoms with Gasteiger partial charge in [-0.05, 0) is 68.6 Å².